The number of amides is 2. The highest BCUT2D eigenvalue weighted by Crippen LogP contribution is 2.27. The fourth-order valence-electron chi connectivity index (χ4n) is 2.89. The minimum Gasteiger partial charge on any atom is -0.496 e. The summed E-state index contributed by atoms with van der Waals surface area (Å²) in [5.74, 6) is 0.147. The Balaban J connectivity index is 2.21. The molecule has 2 amide bonds. The summed E-state index contributed by atoms with van der Waals surface area (Å²) < 4.78 is 30.2. The standard InChI is InChI=1S/C23H29FN2O5/c1-15(2)25-23(28)16(3)26(13-17-8-6-7-9-21(17)24)22(27)14-31-20-11-18(29-4)10-19(12-20)30-5/h6-12,15-16H,13-14H2,1-5H3,(H,25,28). The topological polar surface area (TPSA) is 77.1 Å². The van der Waals surface area contributed by atoms with E-state index >= 15 is 0 Å². The summed E-state index contributed by atoms with van der Waals surface area (Å²) in [6.07, 6.45) is 0. The number of carbonyl (C=O) groups excluding carboxylic acids is 2. The first-order chi connectivity index (χ1) is 14.7. The molecule has 31 heavy (non-hydrogen) atoms. The van der Waals surface area contributed by atoms with Gasteiger partial charge in [0, 0.05) is 36.3 Å². The second-order valence-corrected chi connectivity index (χ2v) is 7.29. The quantitative estimate of drug-likeness (QED) is 0.624. The summed E-state index contributed by atoms with van der Waals surface area (Å²) in [6, 6.07) is 10.1. The van der Waals surface area contributed by atoms with E-state index in [4.69, 9.17) is 14.2 Å². The van der Waals surface area contributed by atoms with Gasteiger partial charge in [0.2, 0.25) is 5.91 Å². The molecule has 0 aliphatic rings. The van der Waals surface area contributed by atoms with Crippen molar-refractivity contribution < 1.29 is 28.2 Å². The number of hydrogen-bond donors (Lipinski definition) is 1. The second-order valence-electron chi connectivity index (χ2n) is 7.29. The lowest BCUT2D eigenvalue weighted by Crippen LogP contribution is -2.50. The Labute approximate surface area is 182 Å². The zero-order valence-electron chi connectivity index (χ0n) is 18.5. The smallest absolute Gasteiger partial charge is 0.261 e. The van der Waals surface area contributed by atoms with Gasteiger partial charge in [0.05, 0.1) is 14.2 Å². The zero-order chi connectivity index (χ0) is 23.0. The number of carbonyl (C=O) groups is 2. The molecule has 0 bridgehead atoms. The molecule has 0 spiro atoms. The number of halogens is 1. The first-order valence-corrected chi connectivity index (χ1v) is 9.94. The highest BCUT2D eigenvalue weighted by molar-refractivity contribution is 5.88. The van der Waals surface area contributed by atoms with Gasteiger partial charge < -0.3 is 24.4 Å². The maximum Gasteiger partial charge on any atom is 0.261 e. The van der Waals surface area contributed by atoms with Crippen molar-refractivity contribution in [3.63, 3.8) is 0 Å². The van der Waals surface area contributed by atoms with E-state index in [1.807, 2.05) is 13.8 Å². The van der Waals surface area contributed by atoms with Crippen LogP contribution in [0.2, 0.25) is 0 Å². The van der Waals surface area contributed by atoms with Crippen molar-refractivity contribution in [2.75, 3.05) is 20.8 Å². The maximum absolute atomic E-state index is 14.2. The molecule has 7 nitrogen and oxygen atoms in total. The van der Waals surface area contributed by atoms with Crippen molar-refractivity contribution in [3.8, 4) is 17.2 Å². The van der Waals surface area contributed by atoms with Crippen molar-refractivity contribution in [3.05, 3.63) is 53.8 Å². The van der Waals surface area contributed by atoms with E-state index in [0.29, 0.717) is 22.8 Å². The van der Waals surface area contributed by atoms with Gasteiger partial charge in [0.1, 0.15) is 29.1 Å². The average molecular weight is 432 g/mol. The predicted octanol–water partition coefficient (Wildman–Crippen LogP) is 3.16. The van der Waals surface area contributed by atoms with Gasteiger partial charge in [-0.3, -0.25) is 9.59 Å². The molecule has 0 aromatic heterocycles. The van der Waals surface area contributed by atoms with E-state index in [9.17, 15) is 14.0 Å². The number of ether oxygens (including phenoxy) is 3. The molecule has 0 radical (unpaired) electrons. The lowest BCUT2D eigenvalue weighted by Gasteiger charge is -2.29. The zero-order valence-corrected chi connectivity index (χ0v) is 18.5. The Morgan fingerprint density at radius 3 is 2.13 bits per heavy atom. The lowest BCUT2D eigenvalue weighted by molar-refractivity contribution is -0.142. The third kappa shape index (κ3) is 6.87. The number of nitrogens with zero attached hydrogens (tertiary/aromatic N) is 1. The number of benzene rings is 2. The number of rotatable bonds is 10. The number of nitrogens with one attached hydrogen (secondary N) is 1. The Kier molecular flexibility index (Phi) is 8.66. The highest BCUT2D eigenvalue weighted by Gasteiger charge is 2.27. The summed E-state index contributed by atoms with van der Waals surface area (Å²) in [4.78, 5) is 26.9. The summed E-state index contributed by atoms with van der Waals surface area (Å²) in [5.41, 5.74) is 0.308. The van der Waals surface area contributed by atoms with E-state index in [0.717, 1.165) is 0 Å². The van der Waals surface area contributed by atoms with E-state index in [2.05, 4.69) is 5.32 Å². The van der Waals surface area contributed by atoms with Crippen LogP contribution in [0.5, 0.6) is 17.2 Å². The van der Waals surface area contributed by atoms with Crippen LogP contribution in [0.1, 0.15) is 26.3 Å². The van der Waals surface area contributed by atoms with Crippen LogP contribution in [0, 0.1) is 5.82 Å². The molecule has 0 aliphatic heterocycles. The van der Waals surface area contributed by atoms with Crippen molar-refractivity contribution in [2.45, 2.75) is 39.4 Å². The maximum atomic E-state index is 14.2. The van der Waals surface area contributed by atoms with Crippen LogP contribution in [0.3, 0.4) is 0 Å². The average Bonchev–Trinajstić information content (AvgIpc) is 2.75. The van der Waals surface area contributed by atoms with Crippen LogP contribution in [-0.4, -0.2) is 49.6 Å². The van der Waals surface area contributed by atoms with Crippen LogP contribution >= 0.6 is 0 Å². The Hall–Kier alpha value is -3.29. The molecule has 0 heterocycles. The van der Waals surface area contributed by atoms with E-state index in [1.165, 1.54) is 25.2 Å². The summed E-state index contributed by atoms with van der Waals surface area (Å²) in [7, 11) is 3.02. The molecule has 2 aromatic rings. The van der Waals surface area contributed by atoms with Gasteiger partial charge in [0.25, 0.3) is 5.91 Å². The molecule has 2 rings (SSSR count). The minimum absolute atomic E-state index is 0.0665. The molecule has 0 saturated heterocycles. The Bertz CT molecular complexity index is 881. The van der Waals surface area contributed by atoms with Gasteiger partial charge in [-0.1, -0.05) is 18.2 Å². The SMILES string of the molecule is COc1cc(OC)cc(OCC(=O)N(Cc2ccccc2F)C(C)C(=O)NC(C)C)c1. The van der Waals surface area contributed by atoms with Crippen LogP contribution in [0.15, 0.2) is 42.5 Å². The van der Waals surface area contributed by atoms with Gasteiger partial charge in [-0.2, -0.15) is 0 Å². The molecular weight excluding hydrogens is 403 g/mol. The van der Waals surface area contributed by atoms with Crippen LogP contribution in [0.4, 0.5) is 4.39 Å². The van der Waals surface area contributed by atoms with Gasteiger partial charge in [-0.15, -0.1) is 0 Å². The fourth-order valence-corrected chi connectivity index (χ4v) is 2.89. The Morgan fingerprint density at radius 2 is 1.58 bits per heavy atom. The van der Waals surface area contributed by atoms with Crippen LogP contribution in [0.25, 0.3) is 0 Å². The minimum atomic E-state index is -0.821. The molecular formula is C23H29FN2O5. The van der Waals surface area contributed by atoms with Gasteiger partial charge >= 0.3 is 0 Å². The largest absolute Gasteiger partial charge is 0.496 e. The molecule has 8 heteroatoms. The van der Waals surface area contributed by atoms with Crippen molar-refractivity contribution in [1.82, 2.24) is 10.2 Å². The summed E-state index contributed by atoms with van der Waals surface area (Å²) in [6.45, 7) is 4.85. The second kappa shape index (κ2) is 11.2. The first kappa shape index (κ1) is 24.0. The van der Waals surface area contributed by atoms with Crippen LogP contribution in [-0.2, 0) is 16.1 Å². The van der Waals surface area contributed by atoms with Gasteiger partial charge in [-0.05, 0) is 26.8 Å². The number of methoxy groups -OCH3 is 2. The van der Waals surface area contributed by atoms with Crippen molar-refractivity contribution in [2.24, 2.45) is 0 Å². The third-order valence-electron chi connectivity index (χ3n) is 4.58. The summed E-state index contributed by atoms with van der Waals surface area (Å²) >= 11 is 0. The van der Waals surface area contributed by atoms with Gasteiger partial charge in [0.15, 0.2) is 6.61 Å². The summed E-state index contributed by atoms with van der Waals surface area (Å²) in [5, 5.41) is 2.78. The van der Waals surface area contributed by atoms with E-state index in [-0.39, 0.29) is 25.1 Å². The fraction of sp³-hybridized carbons (Fsp3) is 0.391. The van der Waals surface area contributed by atoms with Crippen molar-refractivity contribution >= 4 is 11.8 Å². The molecule has 2 aromatic carbocycles. The molecule has 0 saturated carbocycles. The highest BCUT2D eigenvalue weighted by atomic mass is 19.1. The number of hydrogen-bond acceptors (Lipinski definition) is 5. The predicted molar refractivity (Wildman–Crippen MR) is 115 cm³/mol. The molecule has 0 fully saturated rings. The van der Waals surface area contributed by atoms with E-state index in [1.54, 1.807) is 43.3 Å². The molecule has 168 valence electrons. The van der Waals surface area contributed by atoms with E-state index < -0.39 is 17.8 Å². The van der Waals surface area contributed by atoms with Crippen molar-refractivity contribution in [1.29, 1.82) is 0 Å². The molecule has 1 N–H and O–H groups in total. The normalized spacial score (nSPS) is 11.6. The lowest BCUT2D eigenvalue weighted by atomic mass is 10.1. The molecule has 1 unspecified atom stereocenters. The monoisotopic (exact) mass is 432 g/mol. The van der Waals surface area contributed by atoms with Gasteiger partial charge in [-0.25, -0.2) is 4.39 Å². The third-order valence-corrected chi connectivity index (χ3v) is 4.58. The van der Waals surface area contributed by atoms with Crippen LogP contribution < -0.4 is 19.5 Å². The Morgan fingerprint density at radius 1 is 1.00 bits per heavy atom. The first-order valence-electron chi connectivity index (χ1n) is 9.94. The molecule has 0 aliphatic carbocycles. The molecule has 1 atom stereocenters.